The first-order valence-electron chi connectivity index (χ1n) is 13.2. The number of carbonyl (C=O) groups excluding carboxylic acids is 1. The Morgan fingerprint density at radius 2 is 0.816 bits per heavy atom. The maximum Gasteiger partial charge on any atom is 0.193 e. The first-order chi connectivity index (χ1) is 18.6. The molecule has 38 heavy (non-hydrogen) atoms. The van der Waals surface area contributed by atoms with E-state index in [9.17, 15) is 4.79 Å². The van der Waals surface area contributed by atoms with E-state index in [1.807, 2.05) is 72.8 Å². The van der Waals surface area contributed by atoms with Gasteiger partial charge in [-0.3, -0.25) is 4.79 Å². The molecule has 4 aromatic rings. The topological polar surface area (TPSA) is 42.0 Å². The van der Waals surface area contributed by atoms with Crippen molar-refractivity contribution in [1.82, 2.24) is 0 Å². The summed E-state index contributed by atoms with van der Waals surface area (Å²) < 4.78 is 10.6. The van der Waals surface area contributed by atoms with Gasteiger partial charge in [-0.1, -0.05) is 13.8 Å². The Bertz CT molecular complexity index is 1200. The van der Waals surface area contributed by atoms with E-state index in [-0.39, 0.29) is 5.78 Å². The summed E-state index contributed by atoms with van der Waals surface area (Å²) in [6.07, 6.45) is 2.01. The SMILES string of the molecule is CCCN(c1ccc(OC)cc1)c1ccc(C(=O)c2ccc(N(CCC)c3ccc(OC)cc3)cc2)cc1. The number of hydrogen-bond acceptors (Lipinski definition) is 5. The quantitative estimate of drug-likeness (QED) is 0.181. The minimum absolute atomic E-state index is 0.0149. The van der Waals surface area contributed by atoms with Crippen LogP contribution < -0.4 is 19.3 Å². The zero-order valence-corrected chi connectivity index (χ0v) is 22.7. The fourth-order valence-electron chi connectivity index (χ4n) is 4.54. The lowest BCUT2D eigenvalue weighted by Gasteiger charge is -2.25. The molecule has 4 rings (SSSR count). The third-order valence-corrected chi connectivity index (χ3v) is 6.54. The van der Waals surface area contributed by atoms with Gasteiger partial charge in [0.2, 0.25) is 0 Å². The van der Waals surface area contributed by atoms with Crippen molar-refractivity contribution in [3.63, 3.8) is 0 Å². The Kier molecular flexibility index (Phi) is 9.04. The number of benzene rings is 4. The number of hydrogen-bond donors (Lipinski definition) is 0. The number of methoxy groups -OCH3 is 2. The third kappa shape index (κ3) is 6.17. The van der Waals surface area contributed by atoms with Crippen molar-refractivity contribution in [2.75, 3.05) is 37.1 Å². The summed E-state index contributed by atoms with van der Waals surface area (Å²) >= 11 is 0. The molecule has 0 N–H and O–H groups in total. The Balaban J connectivity index is 1.51. The van der Waals surface area contributed by atoms with Crippen LogP contribution in [0.5, 0.6) is 11.5 Å². The number of anilines is 4. The van der Waals surface area contributed by atoms with Crippen LogP contribution in [0.25, 0.3) is 0 Å². The van der Waals surface area contributed by atoms with Crippen LogP contribution in [0.4, 0.5) is 22.7 Å². The fraction of sp³-hybridized carbons (Fsp3) is 0.242. The van der Waals surface area contributed by atoms with Gasteiger partial charge in [-0.15, -0.1) is 0 Å². The molecule has 0 saturated heterocycles. The van der Waals surface area contributed by atoms with Gasteiger partial charge in [0.1, 0.15) is 11.5 Å². The van der Waals surface area contributed by atoms with Gasteiger partial charge in [-0.25, -0.2) is 0 Å². The molecule has 0 aliphatic carbocycles. The van der Waals surface area contributed by atoms with Gasteiger partial charge >= 0.3 is 0 Å². The van der Waals surface area contributed by atoms with Crippen LogP contribution in [0.15, 0.2) is 97.1 Å². The zero-order valence-electron chi connectivity index (χ0n) is 22.7. The molecule has 5 heteroatoms. The molecule has 4 aromatic carbocycles. The molecule has 0 unspecified atom stereocenters. The van der Waals surface area contributed by atoms with E-state index in [4.69, 9.17) is 9.47 Å². The number of rotatable bonds is 12. The normalized spacial score (nSPS) is 10.6. The molecule has 0 amide bonds. The van der Waals surface area contributed by atoms with Gasteiger partial charge in [0, 0.05) is 47.0 Å². The van der Waals surface area contributed by atoms with Crippen molar-refractivity contribution >= 4 is 28.5 Å². The van der Waals surface area contributed by atoms with Crippen LogP contribution in [0.2, 0.25) is 0 Å². The molecular formula is C33H36N2O3. The van der Waals surface area contributed by atoms with Crippen LogP contribution in [-0.4, -0.2) is 33.1 Å². The van der Waals surface area contributed by atoms with E-state index in [1.54, 1.807) is 14.2 Å². The maximum atomic E-state index is 13.3. The molecule has 0 radical (unpaired) electrons. The summed E-state index contributed by atoms with van der Waals surface area (Å²) in [6.45, 7) is 6.08. The maximum absolute atomic E-state index is 13.3. The van der Waals surface area contributed by atoms with Crippen molar-refractivity contribution in [3.8, 4) is 11.5 Å². The average molecular weight is 509 g/mol. The van der Waals surface area contributed by atoms with Crippen molar-refractivity contribution in [1.29, 1.82) is 0 Å². The first kappa shape index (κ1) is 26.8. The minimum atomic E-state index is 0.0149. The number of carbonyl (C=O) groups is 1. The van der Waals surface area contributed by atoms with E-state index in [1.165, 1.54) is 0 Å². The third-order valence-electron chi connectivity index (χ3n) is 6.54. The average Bonchev–Trinajstić information content (AvgIpc) is 2.99. The van der Waals surface area contributed by atoms with Crippen molar-refractivity contribution < 1.29 is 14.3 Å². The molecule has 0 spiro atoms. The van der Waals surface area contributed by atoms with Crippen molar-refractivity contribution in [2.24, 2.45) is 0 Å². The Morgan fingerprint density at radius 1 is 0.526 bits per heavy atom. The lowest BCUT2D eigenvalue weighted by atomic mass is 10.0. The molecule has 0 aromatic heterocycles. The molecule has 0 fully saturated rings. The highest BCUT2D eigenvalue weighted by atomic mass is 16.5. The lowest BCUT2D eigenvalue weighted by molar-refractivity contribution is 0.103. The second kappa shape index (κ2) is 12.8. The molecule has 0 heterocycles. The van der Waals surface area contributed by atoms with Crippen LogP contribution in [-0.2, 0) is 0 Å². The van der Waals surface area contributed by atoms with E-state index in [0.717, 1.165) is 60.2 Å². The zero-order chi connectivity index (χ0) is 26.9. The van der Waals surface area contributed by atoms with Crippen LogP contribution in [0.1, 0.15) is 42.6 Å². The minimum Gasteiger partial charge on any atom is -0.497 e. The fourth-order valence-corrected chi connectivity index (χ4v) is 4.54. The van der Waals surface area contributed by atoms with Crippen molar-refractivity contribution in [2.45, 2.75) is 26.7 Å². The van der Waals surface area contributed by atoms with Crippen molar-refractivity contribution in [3.05, 3.63) is 108 Å². The number of ketones is 1. The Labute approximate surface area is 226 Å². The largest absolute Gasteiger partial charge is 0.497 e. The molecule has 0 aliphatic rings. The molecule has 0 atom stereocenters. The standard InChI is InChI=1S/C33H36N2O3/c1-5-23-34(29-15-19-31(37-3)20-16-29)27-11-7-25(8-12-27)33(36)26-9-13-28(14-10-26)35(24-6-2)30-17-21-32(38-4)22-18-30/h7-22H,5-6,23-24H2,1-4H3. The summed E-state index contributed by atoms with van der Waals surface area (Å²) in [7, 11) is 3.34. The molecular weight excluding hydrogens is 472 g/mol. The number of ether oxygens (including phenoxy) is 2. The summed E-state index contributed by atoms with van der Waals surface area (Å²) in [5.74, 6) is 1.68. The summed E-state index contributed by atoms with van der Waals surface area (Å²) in [4.78, 5) is 17.8. The lowest BCUT2D eigenvalue weighted by Crippen LogP contribution is -2.18. The van der Waals surface area contributed by atoms with Gasteiger partial charge in [0.05, 0.1) is 14.2 Å². The smallest absolute Gasteiger partial charge is 0.193 e. The highest BCUT2D eigenvalue weighted by molar-refractivity contribution is 6.09. The van der Waals surface area contributed by atoms with E-state index in [2.05, 4.69) is 47.9 Å². The monoisotopic (exact) mass is 508 g/mol. The highest BCUT2D eigenvalue weighted by Gasteiger charge is 2.14. The summed E-state index contributed by atoms with van der Waals surface area (Å²) in [6, 6.07) is 31.9. The summed E-state index contributed by atoms with van der Waals surface area (Å²) in [5, 5.41) is 0. The molecule has 0 bridgehead atoms. The molecule has 0 saturated carbocycles. The molecule has 196 valence electrons. The van der Waals surface area contributed by atoms with Crippen LogP contribution in [0.3, 0.4) is 0 Å². The Hall–Kier alpha value is -4.25. The summed E-state index contributed by atoms with van der Waals surface area (Å²) in [5.41, 5.74) is 5.64. The van der Waals surface area contributed by atoms with E-state index >= 15 is 0 Å². The van der Waals surface area contributed by atoms with Gasteiger partial charge in [0.25, 0.3) is 0 Å². The van der Waals surface area contributed by atoms with E-state index < -0.39 is 0 Å². The Morgan fingerprint density at radius 3 is 1.08 bits per heavy atom. The molecule has 5 nitrogen and oxygen atoms in total. The second-order valence-electron chi connectivity index (χ2n) is 9.12. The van der Waals surface area contributed by atoms with Gasteiger partial charge in [0.15, 0.2) is 5.78 Å². The van der Waals surface area contributed by atoms with Crippen LogP contribution in [0, 0.1) is 0 Å². The number of nitrogens with zero attached hydrogens (tertiary/aromatic N) is 2. The van der Waals surface area contributed by atoms with Crippen LogP contribution >= 0.6 is 0 Å². The predicted octanol–water partition coefficient (Wildman–Crippen LogP) is 8.03. The van der Waals surface area contributed by atoms with Gasteiger partial charge in [-0.2, -0.15) is 0 Å². The molecule has 0 aliphatic heterocycles. The van der Waals surface area contributed by atoms with Gasteiger partial charge in [-0.05, 0) is 110 Å². The predicted molar refractivity (Wildman–Crippen MR) is 157 cm³/mol. The van der Waals surface area contributed by atoms with Gasteiger partial charge < -0.3 is 19.3 Å². The highest BCUT2D eigenvalue weighted by Crippen LogP contribution is 2.30. The second-order valence-corrected chi connectivity index (χ2v) is 9.12. The first-order valence-corrected chi connectivity index (χ1v) is 13.2. The van der Waals surface area contributed by atoms with E-state index in [0.29, 0.717) is 11.1 Å².